The summed E-state index contributed by atoms with van der Waals surface area (Å²) in [5, 5.41) is 11.8. The van der Waals surface area contributed by atoms with E-state index in [2.05, 4.69) is 4.99 Å². The average Bonchev–Trinajstić information content (AvgIpc) is 2.95. The lowest BCUT2D eigenvalue weighted by Crippen LogP contribution is -2.43. The first-order valence-electron chi connectivity index (χ1n) is 7.72. The lowest BCUT2D eigenvalue weighted by atomic mass is 10.1. The van der Waals surface area contributed by atoms with E-state index in [-0.39, 0.29) is 13.2 Å². The Morgan fingerprint density at radius 3 is 2.56 bits per heavy atom. The molecule has 0 spiro atoms. The summed E-state index contributed by atoms with van der Waals surface area (Å²) in [7, 11) is 0. The third-order valence-corrected chi connectivity index (χ3v) is 4.36. The average molecular weight is 379 g/mol. The molecule has 1 unspecified atom stereocenters. The van der Waals surface area contributed by atoms with Crippen LogP contribution in [0.25, 0.3) is 0 Å². The molecule has 25 heavy (non-hydrogen) atoms. The van der Waals surface area contributed by atoms with Crippen LogP contribution in [0.1, 0.15) is 12.5 Å². The van der Waals surface area contributed by atoms with Crippen molar-refractivity contribution in [1.29, 1.82) is 0 Å². The number of ether oxygens (including phenoxy) is 1. The number of benzene rings is 2. The van der Waals surface area contributed by atoms with Crippen LogP contribution < -0.4 is 4.90 Å². The molecule has 1 heterocycles. The van der Waals surface area contributed by atoms with Gasteiger partial charge in [-0.2, -0.15) is 0 Å². The zero-order valence-corrected chi connectivity index (χ0v) is 15.0. The van der Waals surface area contributed by atoms with Gasteiger partial charge in [-0.3, -0.25) is 0 Å². The number of rotatable bonds is 4. The first-order valence-corrected chi connectivity index (χ1v) is 8.47. The summed E-state index contributed by atoms with van der Waals surface area (Å²) in [6.45, 7) is 1.75. The van der Waals surface area contributed by atoms with Gasteiger partial charge in [-0.1, -0.05) is 35.3 Å². The number of β-amino-alcohol motifs (C(OH)–C–C–N with tert-alkyl or cyclic N) is 1. The van der Waals surface area contributed by atoms with Gasteiger partial charge in [-0.15, -0.1) is 0 Å². The number of anilines is 1. The van der Waals surface area contributed by atoms with E-state index < -0.39 is 11.7 Å². The molecule has 5 nitrogen and oxygen atoms in total. The summed E-state index contributed by atoms with van der Waals surface area (Å²) in [5.41, 5.74) is -0.660. The number of aliphatic imine (C=N–C) groups is 1. The monoisotopic (exact) mass is 378 g/mol. The number of esters is 1. The predicted octanol–water partition coefficient (Wildman–Crippen LogP) is 3.51. The van der Waals surface area contributed by atoms with Gasteiger partial charge in [-0.25, -0.2) is 9.79 Å². The first kappa shape index (κ1) is 17.7. The van der Waals surface area contributed by atoms with Crippen molar-refractivity contribution in [3.05, 3.63) is 64.1 Å². The highest BCUT2D eigenvalue weighted by atomic mass is 35.5. The van der Waals surface area contributed by atoms with Gasteiger partial charge < -0.3 is 14.7 Å². The molecule has 1 atom stereocenters. The second kappa shape index (κ2) is 7.04. The minimum absolute atomic E-state index is 0.0754. The highest BCUT2D eigenvalue weighted by Gasteiger charge is 2.46. The van der Waals surface area contributed by atoms with Crippen LogP contribution in [0.3, 0.4) is 0 Å². The third kappa shape index (κ3) is 3.49. The number of hydrogen-bond donors (Lipinski definition) is 1. The summed E-state index contributed by atoms with van der Waals surface area (Å²) in [6, 6.07) is 14.1. The zero-order chi connectivity index (χ0) is 18.0. The molecule has 0 bridgehead atoms. The standard InChI is InChI=1S/C18H16Cl2N2O3/c1-2-25-17(23)18(24)11-22(13-9-7-12(19)8-10-13)16(21-18)14-5-3-4-6-15(14)20/h3-10,24H,2,11H2,1H3. The Morgan fingerprint density at radius 1 is 1.24 bits per heavy atom. The van der Waals surface area contributed by atoms with Gasteiger partial charge in [0.1, 0.15) is 5.84 Å². The van der Waals surface area contributed by atoms with Crippen molar-refractivity contribution in [3.8, 4) is 0 Å². The summed E-state index contributed by atoms with van der Waals surface area (Å²) >= 11 is 12.2. The maximum absolute atomic E-state index is 12.2. The zero-order valence-electron chi connectivity index (χ0n) is 13.4. The summed E-state index contributed by atoms with van der Waals surface area (Å²) < 4.78 is 4.97. The van der Waals surface area contributed by atoms with Crippen LogP contribution in [0.4, 0.5) is 5.69 Å². The smallest absolute Gasteiger partial charge is 0.363 e. The lowest BCUT2D eigenvalue weighted by Gasteiger charge is -2.23. The van der Waals surface area contributed by atoms with E-state index in [1.54, 1.807) is 54.3 Å². The molecule has 0 saturated heterocycles. The van der Waals surface area contributed by atoms with Crippen LogP contribution in [0, 0.1) is 0 Å². The van der Waals surface area contributed by atoms with Crippen molar-refractivity contribution in [2.24, 2.45) is 4.99 Å². The highest BCUT2D eigenvalue weighted by Crippen LogP contribution is 2.31. The number of hydrogen-bond acceptors (Lipinski definition) is 5. The Morgan fingerprint density at radius 2 is 1.92 bits per heavy atom. The van der Waals surface area contributed by atoms with Crippen molar-refractivity contribution in [3.63, 3.8) is 0 Å². The van der Waals surface area contributed by atoms with Gasteiger partial charge in [0.15, 0.2) is 0 Å². The molecule has 0 aliphatic carbocycles. The predicted molar refractivity (Wildman–Crippen MR) is 98.4 cm³/mol. The molecule has 0 saturated carbocycles. The lowest BCUT2D eigenvalue weighted by molar-refractivity contribution is -0.162. The molecule has 7 heteroatoms. The fourth-order valence-corrected chi connectivity index (χ4v) is 2.95. The fourth-order valence-electron chi connectivity index (χ4n) is 2.61. The van der Waals surface area contributed by atoms with Gasteiger partial charge in [0.05, 0.1) is 18.2 Å². The van der Waals surface area contributed by atoms with Crippen molar-refractivity contribution >= 4 is 40.7 Å². The largest absolute Gasteiger partial charge is 0.462 e. The normalized spacial score (nSPS) is 19.7. The fraction of sp³-hybridized carbons (Fsp3) is 0.222. The Kier molecular flexibility index (Phi) is 4.99. The van der Waals surface area contributed by atoms with Gasteiger partial charge in [-0.05, 0) is 43.3 Å². The van der Waals surface area contributed by atoms with Crippen molar-refractivity contribution in [2.45, 2.75) is 12.6 Å². The maximum atomic E-state index is 12.2. The molecule has 0 aromatic heterocycles. The van der Waals surface area contributed by atoms with Crippen LogP contribution in [-0.4, -0.2) is 35.8 Å². The summed E-state index contributed by atoms with van der Waals surface area (Å²) in [6.07, 6.45) is 0. The van der Waals surface area contributed by atoms with Gasteiger partial charge in [0, 0.05) is 16.3 Å². The molecule has 1 N–H and O–H groups in total. The van der Waals surface area contributed by atoms with Crippen molar-refractivity contribution in [2.75, 3.05) is 18.1 Å². The highest BCUT2D eigenvalue weighted by molar-refractivity contribution is 6.35. The van der Waals surface area contributed by atoms with E-state index in [0.29, 0.717) is 21.4 Å². The van der Waals surface area contributed by atoms with Crippen LogP contribution in [0.5, 0.6) is 0 Å². The Bertz CT molecular complexity index is 823. The number of carbonyl (C=O) groups is 1. The van der Waals surface area contributed by atoms with Gasteiger partial charge in [0.25, 0.3) is 5.72 Å². The van der Waals surface area contributed by atoms with Gasteiger partial charge >= 0.3 is 5.97 Å². The molecule has 130 valence electrons. The number of nitrogens with zero attached hydrogens (tertiary/aromatic N) is 2. The quantitative estimate of drug-likeness (QED) is 0.826. The van der Waals surface area contributed by atoms with Gasteiger partial charge in [0.2, 0.25) is 0 Å². The summed E-state index contributed by atoms with van der Waals surface area (Å²) in [4.78, 5) is 18.2. The number of carbonyl (C=O) groups excluding carboxylic acids is 1. The number of aliphatic hydroxyl groups is 1. The topological polar surface area (TPSA) is 62.1 Å². The van der Waals surface area contributed by atoms with E-state index in [9.17, 15) is 9.90 Å². The molecular formula is C18H16Cl2N2O3. The Hall–Kier alpha value is -2.08. The van der Waals surface area contributed by atoms with Crippen LogP contribution in [-0.2, 0) is 9.53 Å². The van der Waals surface area contributed by atoms with Crippen LogP contribution in [0.2, 0.25) is 10.0 Å². The third-order valence-electron chi connectivity index (χ3n) is 3.78. The van der Waals surface area contributed by atoms with E-state index in [4.69, 9.17) is 27.9 Å². The van der Waals surface area contributed by atoms with E-state index in [0.717, 1.165) is 5.69 Å². The van der Waals surface area contributed by atoms with Crippen LogP contribution in [0.15, 0.2) is 53.5 Å². The maximum Gasteiger partial charge on any atom is 0.363 e. The Labute approximate surface area is 155 Å². The minimum atomic E-state index is -2.00. The molecule has 0 amide bonds. The van der Waals surface area contributed by atoms with Crippen LogP contribution >= 0.6 is 23.2 Å². The minimum Gasteiger partial charge on any atom is -0.462 e. The Balaban J connectivity index is 2.08. The molecular weight excluding hydrogens is 363 g/mol. The second-order valence-electron chi connectivity index (χ2n) is 5.51. The van der Waals surface area contributed by atoms with E-state index in [1.165, 1.54) is 0 Å². The molecule has 2 aromatic carbocycles. The second-order valence-corrected chi connectivity index (χ2v) is 6.36. The first-order chi connectivity index (χ1) is 11.9. The molecule has 1 aliphatic rings. The summed E-state index contributed by atoms with van der Waals surface area (Å²) in [5.74, 6) is -0.403. The van der Waals surface area contributed by atoms with E-state index >= 15 is 0 Å². The van der Waals surface area contributed by atoms with E-state index in [1.807, 2.05) is 6.07 Å². The molecule has 2 aromatic rings. The number of amidine groups is 1. The molecule has 3 rings (SSSR count). The van der Waals surface area contributed by atoms with Crippen molar-refractivity contribution < 1.29 is 14.6 Å². The SMILES string of the molecule is CCOC(=O)C1(O)CN(c2ccc(Cl)cc2)C(c2ccccc2Cl)=N1. The number of halogens is 2. The molecule has 0 radical (unpaired) electrons. The van der Waals surface area contributed by atoms with Crippen molar-refractivity contribution in [1.82, 2.24) is 0 Å². The molecule has 0 fully saturated rings. The molecule has 1 aliphatic heterocycles.